The van der Waals surface area contributed by atoms with Crippen molar-refractivity contribution in [2.24, 2.45) is 10.9 Å². The van der Waals surface area contributed by atoms with Gasteiger partial charge in [0.2, 0.25) is 5.91 Å². The molecule has 3 aliphatic rings. The Balaban J connectivity index is 0.00000259. The maximum atomic E-state index is 11.7. The Bertz CT molecular complexity index is 1340. The first-order chi connectivity index (χ1) is 21.4. The minimum Gasteiger partial charge on any atom is -0.495 e. The van der Waals surface area contributed by atoms with Crippen molar-refractivity contribution in [1.29, 1.82) is 0 Å². The molecule has 0 aliphatic carbocycles. The van der Waals surface area contributed by atoms with Crippen molar-refractivity contribution < 1.29 is 19.0 Å². The summed E-state index contributed by atoms with van der Waals surface area (Å²) in [5, 5.41) is 3.51. The average Bonchev–Trinajstić information content (AvgIpc) is 3.55. The van der Waals surface area contributed by atoms with Gasteiger partial charge in [-0.3, -0.25) is 9.79 Å². The lowest BCUT2D eigenvalue weighted by atomic mass is 10.0. The van der Waals surface area contributed by atoms with E-state index in [1.54, 1.807) is 20.1 Å². The SMILES string of the molecule is C#C/C(C=C)=C(/C=C\C(C)/C(N=C)=C1\C=C(c2ccc(N3CCN(C(C)=O)CC3)c(OC)c2)NC1)OC1CCOCC1.CC. The number of ether oxygens (including phenoxy) is 3. The lowest BCUT2D eigenvalue weighted by molar-refractivity contribution is -0.129. The Labute approximate surface area is 263 Å². The van der Waals surface area contributed by atoms with Crippen LogP contribution in [0.25, 0.3) is 5.70 Å². The van der Waals surface area contributed by atoms with Crippen LogP contribution in [0.2, 0.25) is 0 Å². The highest BCUT2D eigenvalue weighted by Crippen LogP contribution is 2.34. The fourth-order valence-electron chi connectivity index (χ4n) is 5.44. The van der Waals surface area contributed by atoms with Gasteiger partial charge < -0.3 is 29.3 Å². The molecule has 1 N–H and O–H groups in total. The molecular weight excluding hydrogens is 552 g/mol. The Morgan fingerprint density at radius 1 is 1.23 bits per heavy atom. The molecule has 236 valence electrons. The summed E-state index contributed by atoms with van der Waals surface area (Å²) in [6.07, 6.45) is 15.2. The standard InChI is InChI=1S/C34H42N4O4.C2H6/c1-7-26(8-2)32(42-29-13-19-41-20-14-29)12-9-24(3)34(35-5)28-21-30(36-23-28)27-10-11-31(33(22-27)40-6)38-17-15-37(16-18-38)25(4)39;1-2/h1,8-12,21-22,24,29,36H,2,5,13-20,23H2,3-4,6H3;1-2H3/b12-9-,32-26+,34-28-;. The van der Waals surface area contributed by atoms with E-state index in [9.17, 15) is 4.79 Å². The van der Waals surface area contributed by atoms with Gasteiger partial charge in [-0.2, -0.15) is 0 Å². The molecule has 1 aromatic carbocycles. The smallest absolute Gasteiger partial charge is 0.219 e. The number of terminal acetylenes is 1. The van der Waals surface area contributed by atoms with Gasteiger partial charge in [-0.1, -0.05) is 45.4 Å². The maximum Gasteiger partial charge on any atom is 0.219 e. The van der Waals surface area contributed by atoms with E-state index in [-0.39, 0.29) is 17.9 Å². The molecule has 1 atom stereocenters. The van der Waals surface area contributed by atoms with Crippen molar-refractivity contribution in [2.45, 2.75) is 46.6 Å². The van der Waals surface area contributed by atoms with Crippen LogP contribution in [-0.2, 0) is 14.3 Å². The summed E-state index contributed by atoms with van der Waals surface area (Å²) in [6.45, 7) is 20.4. The minimum absolute atomic E-state index is 0.0300. The number of aliphatic imine (C=N–C) groups is 1. The molecule has 4 rings (SSSR count). The van der Waals surface area contributed by atoms with Crippen molar-refractivity contribution in [3.05, 3.63) is 77.2 Å². The zero-order valence-corrected chi connectivity index (χ0v) is 27.0. The van der Waals surface area contributed by atoms with Gasteiger partial charge in [-0.05, 0) is 42.7 Å². The van der Waals surface area contributed by atoms with Gasteiger partial charge in [-0.15, -0.1) is 6.42 Å². The number of nitrogens with one attached hydrogen (secondary N) is 1. The molecular formula is C36H48N4O4. The predicted molar refractivity (Wildman–Crippen MR) is 181 cm³/mol. The fourth-order valence-corrected chi connectivity index (χ4v) is 5.44. The summed E-state index contributed by atoms with van der Waals surface area (Å²) in [5.74, 6) is 4.21. The lowest BCUT2D eigenvalue weighted by Crippen LogP contribution is -2.48. The molecule has 8 nitrogen and oxygen atoms in total. The molecule has 1 amide bonds. The van der Waals surface area contributed by atoms with E-state index in [0.717, 1.165) is 59.9 Å². The van der Waals surface area contributed by atoms with Crippen molar-refractivity contribution in [3.63, 3.8) is 0 Å². The lowest BCUT2D eigenvalue weighted by Gasteiger charge is -2.36. The third kappa shape index (κ3) is 8.67. The largest absolute Gasteiger partial charge is 0.495 e. The number of rotatable bonds is 10. The third-order valence-corrected chi connectivity index (χ3v) is 7.90. The predicted octanol–water partition coefficient (Wildman–Crippen LogP) is 5.75. The molecule has 0 saturated carbocycles. The number of carbonyl (C=O) groups excluding carboxylic acids is 1. The number of carbonyl (C=O) groups is 1. The number of allylic oxidation sites excluding steroid dienone is 4. The first-order valence-corrected chi connectivity index (χ1v) is 15.5. The quantitative estimate of drug-likeness (QED) is 0.160. The molecule has 0 bridgehead atoms. The maximum absolute atomic E-state index is 11.7. The van der Waals surface area contributed by atoms with Gasteiger partial charge in [0.05, 0.1) is 37.3 Å². The highest BCUT2D eigenvalue weighted by Gasteiger charge is 2.23. The highest BCUT2D eigenvalue weighted by atomic mass is 16.5. The number of hydrogen-bond donors (Lipinski definition) is 1. The van der Waals surface area contributed by atoms with Crippen molar-refractivity contribution in [2.75, 3.05) is 57.9 Å². The van der Waals surface area contributed by atoms with Crippen LogP contribution in [-0.4, -0.2) is 76.7 Å². The summed E-state index contributed by atoms with van der Waals surface area (Å²) < 4.78 is 17.5. The van der Waals surface area contributed by atoms with Crippen molar-refractivity contribution in [1.82, 2.24) is 10.2 Å². The van der Waals surface area contributed by atoms with E-state index in [1.165, 1.54) is 0 Å². The van der Waals surface area contributed by atoms with Gasteiger partial charge in [0.25, 0.3) is 0 Å². The summed E-state index contributed by atoms with van der Waals surface area (Å²) >= 11 is 0. The molecule has 0 spiro atoms. The Hall–Kier alpha value is -4.22. The molecule has 3 aliphatic heterocycles. The normalized spacial score (nSPS) is 19.4. The number of benzene rings is 1. The number of hydrogen-bond acceptors (Lipinski definition) is 7. The van der Waals surface area contributed by atoms with Crippen molar-refractivity contribution >= 4 is 24.0 Å². The monoisotopic (exact) mass is 600 g/mol. The first kappa shape index (κ1) is 34.3. The van der Waals surface area contributed by atoms with E-state index in [0.29, 0.717) is 44.2 Å². The number of nitrogens with zero attached hydrogens (tertiary/aromatic N) is 3. The van der Waals surface area contributed by atoms with Gasteiger partial charge >= 0.3 is 0 Å². The molecule has 1 unspecified atom stereocenters. The molecule has 0 radical (unpaired) electrons. The molecule has 1 aromatic rings. The Kier molecular flexibility index (Phi) is 13.4. The second kappa shape index (κ2) is 17.2. The number of anilines is 1. The molecule has 3 heterocycles. The molecule has 0 aromatic heterocycles. The van der Waals surface area contributed by atoms with E-state index >= 15 is 0 Å². The van der Waals surface area contributed by atoms with Crippen LogP contribution in [0.1, 0.15) is 46.1 Å². The van der Waals surface area contributed by atoms with E-state index in [1.807, 2.05) is 30.9 Å². The van der Waals surface area contributed by atoms with E-state index in [4.69, 9.17) is 20.6 Å². The van der Waals surface area contributed by atoms with Crippen LogP contribution >= 0.6 is 0 Å². The zero-order valence-electron chi connectivity index (χ0n) is 27.0. The molecule has 8 heteroatoms. The topological polar surface area (TPSA) is 75.6 Å². The molecule has 2 saturated heterocycles. The van der Waals surface area contributed by atoms with Gasteiger partial charge in [0.1, 0.15) is 17.6 Å². The van der Waals surface area contributed by atoms with Crippen LogP contribution in [0.4, 0.5) is 5.69 Å². The van der Waals surface area contributed by atoms with Gasteiger partial charge in [0, 0.05) is 69.7 Å². The zero-order chi connectivity index (χ0) is 32.1. The van der Waals surface area contributed by atoms with Crippen molar-refractivity contribution in [3.8, 4) is 18.1 Å². The third-order valence-electron chi connectivity index (χ3n) is 7.90. The van der Waals surface area contributed by atoms with E-state index < -0.39 is 0 Å². The number of methoxy groups -OCH3 is 1. The molecule has 2 fully saturated rings. The average molecular weight is 601 g/mol. The van der Waals surface area contributed by atoms with Crippen LogP contribution < -0.4 is 15.0 Å². The van der Waals surface area contributed by atoms with Crippen LogP contribution in [0.3, 0.4) is 0 Å². The summed E-state index contributed by atoms with van der Waals surface area (Å²) in [4.78, 5) is 20.3. The van der Waals surface area contributed by atoms with Crippen LogP contribution in [0.15, 0.2) is 76.7 Å². The summed E-state index contributed by atoms with van der Waals surface area (Å²) in [7, 11) is 1.69. The second-order valence-electron chi connectivity index (χ2n) is 10.6. The van der Waals surface area contributed by atoms with E-state index in [2.05, 4.69) is 65.6 Å². The van der Waals surface area contributed by atoms with Gasteiger partial charge in [-0.25, -0.2) is 0 Å². The summed E-state index contributed by atoms with van der Waals surface area (Å²) in [5.41, 5.74) is 5.62. The highest BCUT2D eigenvalue weighted by molar-refractivity contribution is 5.76. The first-order valence-electron chi connectivity index (χ1n) is 15.5. The van der Waals surface area contributed by atoms with Gasteiger partial charge in [0.15, 0.2) is 0 Å². The number of piperazine rings is 1. The number of amides is 1. The molecule has 44 heavy (non-hydrogen) atoms. The minimum atomic E-state index is -0.0300. The van der Waals surface area contributed by atoms with Crippen LogP contribution in [0.5, 0.6) is 5.75 Å². The Morgan fingerprint density at radius 2 is 1.93 bits per heavy atom. The summed E-state index contributed by atoms with van der Waals surface area (Å²) in [6, 6.07) is 6.25. The fraction of sp³-hybridized carbons (Fsp3) is 0.444. The second-order valence-corrected chi connectivity index (χ2v) is 10.6. The van der Waals surface area contributed by atoms with Crippen LogP contribution in [0, 0.1) is 18.3 Å². The Morgan fingerprint density at radius 3 is 2.52 bits per heavy atom.